The van der Waals surface area contributed by atoms with Crippen LogP contribution in [0.5, 0.6) is 5.75 Å². The topological polar surface area (TPSA) is 84.7 Å². The van der Waals surface area contributed by atoms with E-state index in [1.807, 2.05) is 35.2 Å². The van der Waals surface area contributed by atoms with Gasteiger partial charge in [-0.3, -0.25) is 9.59 Å². The number of rotatable bonds is 8. The van der Waals surface area contributed by atoms with E-state index in [9.17, 15) is 14.0 Å². The second-order valence-electron chi connectivity index (χ2n) is 7.35. The SMILES string of the molecule is O=C(COc1ccc(C=NNC(=O)c2cccc(-n3cccc3)c2)cc1Cl)Nc1ccccc1F. The van der Waals surface area contributed by atoms with Gasteiger partial charge in [-0.2, -0.15) is 5.10 Å². The number of hydrogen-bond donors (Lipinski definition) is 2. The van der Waals surface area contributed by atoms with E-state index in [0.29, 0.717) is 11.1 Å². The number of nitrogens with one attached hydrogen (secondary N) is 2. The molecule has 7 nitrogen and oxygen atoms in total. The summed E-state index contributed by atoms with van der Waals surface area (Å²) in [6, 6.07) is 21.6. The zero-order chi connectivity index (χ0) is 24.6. The van der Waals surface area contributed by atoms with Crippen molar-refractivity contribution < 1.29 is 18.7 Å². The summed E-state index contributed by atoms with van der Waals surface area (Å²) in [6.07, 6.45) is 5.22. The van der Waals surface area contributed by atoms with Crippen molar-refractivity contribution in [1.82, 2.24) is 9.99 Å². The van der Waals surface area contributed by atoms with Crippen LogP contribution in [0.15, 0.2) is 96.4 Å². The van der Waals surface area contributed by atoms with Gasteiger partial charge in [0.2, 0.25) is 0 Å². The molecular weight excluding hydrogens is 471 g/mol. The Bertz CT molecular complexity index is 1370. The lowest BCUT2D eigenvalue weighted by Gasteiger charge is -2.09. The Morgan fingerprint density at radius 3 is 2.57 bits per heavy atom. The average Bonchev–Trinajstić information content (AvgIpc) is 3.40. The Morgan fingerprint density at radius 2 is 1.80 bits per heavy atom. The maximum Gasteiger partial charge on any atom is 0.271 e. The van der Waals surface area contributed by atoms with Crippen LogP contribution in [0, 0.1) is 5.82 Å². The number of benzene rings is 3. The molecule has 0 bridgehead atoms. The van der Waals surface area contributed by atoms with E-state index in [-0.39, 0.29) is 29.0 Å². The maximum atomic E-state index is 13.6. The quantitative estimate of drug-likeness (QED) is 0.268. The van der Waals surface area contributed by atoms with Crippen molar-refractivity contribution in [2.75, 3.05) is 11.9 Å². The van der Waals surface area contributed by atoms with Crippen LogP contribution in [0.25, 0.3) is 5.69 Å². The Hall–Kier alpha value is -4.43. The van der Waals surface area contributed by atoms with Gasteiger partial charge in [-0.15, -0.1) is 0 Å². The molecule has 0 saturated carbocycles. The molecule has 0 spiro atoms. The summed E-state index contributed by atoms with van der Waals surface area (Å²) < 4.78 is 21.0. The van der Waals surface area contributed by atoms with Gasteiger partial charge in [0, 0.05) is 23.6 Å². The number of amides is 2. The first-order chi connectivity index (χ1) is 17.0. The molecule has 2 N–H and O–H groups in total. The second-order valence-corrected chi connectivity index (χ2v) is 7.75. The summed E-state index contributed by atoms with van der Waals surface area (Å²) in [5, 5.41) is 6.66. The van der Waals surface area contributed by atoms with Crippen molar-refractivity contribution >= 4 is 35.3 Å². The van der Waals surface area contributed by atoms with Gasteiger partial charge < -0.3 is 14.6 Å². The van der Waals surface area contributed by atoms with Crippen molar-refractivity contribution in [3.8, 4) is 11.4 Å². The first kappa shape index (κ1) is 23.7. The first-order valence-corrected chi connectivity index (χ1v) is 10.9. The number of hydrazone groups is 1. The van der Waals surface area contributed by atoms with E-state index in [1.54, 1.807) is 42.5 Å². The molecule has 3 aromatic carbocycles. The molecule has 1 heterocycles. The predicted molar refractivity (Wildman–Crippen MR) is 133 cm³/mol. The van der Waals surface area contributed by atoms with Crippen LogP contribution >= 0.6 is 11.6 Å². The first-order valence-electron chi connectivity index (χ1n) is 10.5. The molecule has 4 rings (SSSR count). The molecule has 176 valence electrons. The fourth-order valence-electron chi connectivity index (χ4n) is 3.15. The van der Waals surface area contributed by atoms with E-state index in [4.69, 9.17) is 16.3 Å². The van der Waals surface area contributed by atoms with E-state index in [0.717, 1.165) is 5.69 Å². The second kappa shape index (κ2) is 11.1. The Kier molecular flexibility index (Phi) is 7.54. The van der Waals surface area contributed by atoms with Gasteiger partial charge in [0.25, 0.3) is 11.8 Å². The molecule has 35 heavy (non-hydrogen) atoms. The van der Waals surface area contributed by atoms with Gasteiger partial charge in [-0.25, -0.2) is 9.82 Å². The van der Waals surface area contributed by atoms with Crippen LogP contribution in [-0.2, 0) is 4.79 Å². The largest absolute Gasteiger partial charge is 0.482 e. The van der Waals surface area contributed by atoms with Crippen LogP contribution in [0.1, 0.15) is 15.9 Å². The van der Waals surface area contributed by atoms with E-state index in [2.05, 4.69) is 15.8 Å². The fourth-order valence-corrected chi connectivity index (χ4v) is 3.39. The highest BCUT2D eigenvalue weighted by Gasteiger charge is 2.10. The van der Waals surface area contributed by atoms with Crippen LogP contribution < -0.4 is 15.5 Å². The molecule has 0 radical (unpaired) electrons. The third kappa shape index (κ3) is 6.33. The molecule has 0 aliphatic carbocycles. The molecule has 0 aliphatic rings. The summed E-state index contributed by atoms with van der Waals surface area (Å²) in [6.45, 7) is -0.348. The Balaban J connectivity index is 1.31. The van der Waals surface area contributed by atoms with Crippen LogP contribution in [0.3, 0.4) is 0 Å². The molecule has 0 unspecified atom stereocenters. The maximum absolute atomic E-state index is 13.6. The minimum atomic E-state index is -0.539. The number of halogens is 2. The van der Waals surface area contributed by atoms with Crippen LogP contribution in [0.2, 0.25) is 5.02 Å². The molecule has 1 aromatic heterocycles. The summed E-state index contributed by atoms with van der Waals surface area (Å²) in [7, 11) is 0. The smallest absolute Gasteiger partial charge is 0.271 e. The number of aromatic nitrogens is 1. The van der Waals surface area contributed by atoms with Crippen molar-refractivity contribution in [1.29, 1.82) is 0 Å². The van der Waals surface area contributed by atoms with Crippen molar-refractivity contribution in [3.63, 3.8) is 0 Å². The summed E-state index contributed by atoms with van der Waals surface area (Å²) in [5.41, 5.74) is 4.48. The summed E-state index contributed by atoms with van der Waals surface area (Å²) >= 11 is 6.23. The number of para-hydroxylation sites is 1. The van der Waals surface area contributed by atoms with Crippen molar-refractivity contribution in [2.24, 2.45) is 5.10 Å². The zero-order valence-electron chi connectivity index (χ0n) is 18.3. The van der Waals surface area contributed by atoms with Gasteiger partial charge in [0.1, 0.15) is 11.6 Å². The number of carbonyl (C=O) groups is 2. The normalized spacial score (nSPS) is 10.8. The van der Waals surface area contributed by atoms with E-state index < -0.39 is 11.7 Å². The predicted octanol–water partition coefficient (Wildman–Crippen LogP) is 5.05. The molecule has 0 atom stereocenters. The zero-order valence-corrected chi connectivity index (χ0v) is 19.1. The van der Waals surface area contributed by atoms with Crippen molar-refractivity contribution in [2.45, 2.75) is 0 Å². The monoisotopic (exact) mass is 490 g/mol. The van der Waals surface area contributed by atoms with Crippen LogP contribution in [-0.4, -0.2) is 29.2 Å². The highest BCUT2D eigenvalue weighted by Crippen LogP contribution is 2.25. The lowest BCUT2D eigenvalue weighted by atomic mass is 10.2. The van der Waals surface area contributed by atoms with Gasteiger partial charge in [0.15, 0.2) is 6.61 Å². The summed E-state index contributed by atoms with van der Waals surface area (Å²) in [4.78, 5) is 24.5. The molecule has 0 saturated heterocycles. The number of ether oxygens (including phenoxy) is 1. The van der Waals surface area contributed by atoms with Gasteiger partial charge in [-0.1, -0.05) is 29.8 Å². The highest BCUT2D eigenvalue weighted by molar-refractivity contribution is 6.32. The lowest BCUT2D eigenvalue weighted by molar-refractivity contribution is -0.118. The lowest BCUT2D eigenvalue weighted by Crippen LogP contribution is -2.20. The number of anilines is 1. The average molecular weight is 491 g/mol. The number of carbonyl (C=O) groups excluding carboxylic acids is 2. The Labute approximate surface area is 205 Å². The van der Waals surface area contributed by atoms with E-state index >= 15 is 0 Å². The minimum Gasteiger partial charge on any atom is -0.482 e. The van der Waals surface area contributed by atoms with Gasteiger partial charge in [0.05, 0.1) is 16.9 Å². The molecule has 0 aliphatic heterocycles. The third-order valence-corrected chi connectivity index (χ3v) is 5.15. The highest BCUT2D eigenvalue weighted by atomic mass is 35.5. The van der Waals surface area contributed by atoms with Crippen molar-refractivity contribution in [3.05, 3.63) is 113 Å². The molecule has 4 aromatic rings. The third-order valence-electron chi connectivity index (χ3n) is 4.85. The molecule has 9 heteroatoms. The van der Waals surface area contributed by atoms with Gasteiger partial charge >= 0.3 is 0 Å². The fraction of sp³-hybridized carbons (Fsp3) is 0.0385. The summed E-state index contributed by atoms with van der Waals surface area (Å²) in [5.74, 6) is -1.15. The molecule has 2 amide bonds. The van der Waals surface area contributed by atoms with E-state index in [1.165, 1.54) is 24.4 Å². The number of nitrogens with zero attached hydrogens (tertiary/aromatic N) is 2. The minimum absolute atomic E-state index is 0.0669. The molecular formula is C26H20ClFN4O3. The van der Waals surface area contributed by atoms with Crippen LogP contribution in [0.4, 0.5) is 10.1 Å². The standard InChI is InChI=1S/C26H20ClFN4O3/c27-21-14-18(10-11-24(21)35-17-25(33)30-23-9-2-1-8-22(23)28)16-29-31-26(34)19-6-5-7-20(15-19)32-12-3-4-13-32/h1-16H,17H2,(H,30,33)(H,31,34). The van der Waals surface area contributed by atoms with Gasteiger partial charge in [-0.05, 0) is 66.2 Å². The number of hydrogen-bond acceptors (Lipinski definition) is 4. The Morgan fingerprint density at radius 1 is 1.00 bits per heavy atom. The molecule has 0 fully saturated rings.